The summed E-state index contributed by atoms with van der Waals surface area (Å²) in [6.45, 7) is 8.78. The predicted molar refractivity (Wildman–Crippen MR) is 80.3 cm³/mol. The van der Waals surface area contributed by atoms with Crippen LogP contribution in [0.4, 0.5) is 0 Å². The largest absolute Gasteiger partial charge is 0.0683 e. The van der Waals surface area contributed by atoms with E-state index >= 15 is 0 Å². The number of hydrogen-bond acceptors (Lipinski definition) is 0. The molecule has 3 aliphatic carbocycles. The molecule has 0 aliphatic heterocycles. The topological polar surface area (TPSA) is 0 Å². The SMILES string of the molecule is CC.CC1CC2CCC1C2.CC1CCCCC1.[HH]. The lowest BCUT2D eigenvalue weighted by atomic mass is 9.91. The van der Waals surface area contributed by atoms with Crippen LogP contribution in [0.25, 0.3) is 0 Å². The van der Waals surface area contributed by atoms with Gasteiger partial charge in [-0.2, -0.15) is 0 Å². The van der Waals surface area contributed by atoms with Crippen LogP contribution in [0.1, 0.15) is 86.9 Å². The molecule has 104 valence electrons. The summed E-state index contributed by atoms with van der Waals surface area (Å²) in [5.74, 6) is 4.40. The third-order valence-corrected chi connectivity index (χ3v) is 4.99. The fourth-order valence-corrected chi connectivity index (χ4v) is 3.87. The normalized spacial score (nSPS) is 35.6. The second-order valence-electron chi connectivity index (χ2n) is 6.40. The summed E-state index contributed by atoms with van der Waals surface area (Å²) < 4.78 is 0. The second-order valence-corrected chi connectivity index (χ2v) is 6.40. The maximum absolute atomic E-state index is 2.42. The van der Waals surface area contributed by atoms with Crippen molar-refractivity contribution >= 4 is 0 Å². The lowest BCUT2D eigenvalue weighted by Crippen LogP contribution is -2.04. The van der Waals surface area contributed by atoms with Crippen molar-refractivity contribution < 1.29 is 1.43 Å². The molecule has 2 bridgehead atoms. The molecule has 0 N–H and O–H groups in total. The molecule has 3 atom stereocenters. The van der Waals surface area contributed by atoms with Crippen LogP contribution in [0.2, 0.25) is 0 Å². The van der Waals surface area contributed by atoms with Crippen LogP contribution in [-0.4, -0.2) is 0 Å². The van der Waals surface area contributed by atoms with Crippen molar-refractivity contribution in [1.82, 2.24) is 0 Å². The van der Waals surface area contributed by atoms with Gasteiger partial charge >= 0.3 is 0 Å². The molecular weight excluding hydrogens is 204 g/mol. The first kappa shape index (κ1) is 15.1. The maximum atomic E-state index is 2.42. The average Bonchev–Trinajstić information content (AvgIpc) is 2.95. The van der Waals surface area contributed by atoms with E-state index < -0.39 is 0 Å². The Hall–Kier alpha value is 0. The van der Waals surface area contributed by atoms with E-state index in [0.717, 1.165) is 23.7 Å². The lowest BCUT2D eigenvalue weighted by Gasteiger charge is -2.15. The van der Waals surface area contributed by atoms with Crippen LogP contribution >= 0.6 is 0 Å². The average molecular weight is 240 g/mol. The monoisotopic (exact) mass is 240 g/mol. The fraction of sp³-hybridized carbons (Fsp3) is 1.00. The van der Waals surface area contributed by atoms with E-state index in [-0.39, 0.29) is 1.43 Å². The molecule has 0 spiro atoms. The van der Waals surface area contributed by atoms with Gasteiger partial charge in [-0.25, -0.2) is 0 Å². The molecule has 3 unspecified atom stereocenters. The minimum atomic E-state index is 0. The van der Waals surface area contributed by atoms with Gasteiger partial charge in [0.2, 0.25) is 0 Å². The van der Waals surface area contributed by atoms with E-state index in [1.165, 1.54) is 32.1 Å². The smallest absolute Gasteiger partial charge is 0 e. The first-order valence-electron chi connectivity index (χ1n) is 8.25. The van der Waals surface area contributed by atoms with Gasteiger partial charge in [0.05, 0.1) is 0 Å². The van der Waals surface area contributed by atoms with Gasteiger partial charge < -0.3 is 0 Å². The van der Waals surface area contributed by atoms with Gasteiger partial charge in [0.25, 0.3) is 0 Å². The summed E-state index contributed by atoms with van der Waals surface area (Å²) in [5, 5.41) is 0. The molecule has 17 heavy (non-hydrogen) atoms. The minimum Gasteiger partial charge on any atom is -0.0683 e. The van der Waals surface area contributed by atoms with Crippen LogP contribution in [0, 0.1) is 23.7 Å². The van der Waals surface area contributed by atoms with Crippen molar-refractivity contribution in [3.05, 3.63) is 0 Å². The molecule has 3 aliphatic rings. The molecule has 3 fully saturated rings. The highest BCUT2D eigenvalue weighted by Crippen LogP contribution is 2.47. The van der Waals surface area contributed by atoms with Gasteiger partial charge in [0, 0.05) is 1.43 Å². The van der Waals surface area contributed by atoms with Gasteiger partial charge in [-0.05, 0) is 42.9 Å². The van der Waals surface area contributed by atoms with Crippen LogP contribution < -0.4 is 0 Å². The third kappa shape index (κ3) is 5.02. The summed E-state index contributed by atoms with van der Waals surface area (Å²) in [6.07, 6.45) is 13.7. The number of fused-ring (bicyclic) bond motifs is 2. The van der Waals surface area contributed by atoms with Crippen molar-refractivity contribution in [3.8, 4) is 0 Å². The minimum absolute atomic E-state index is 0. The van der Waals surface area contributed by atoms with Gasteiger partial charge in [0.1, 0.15) is 0 Å². The summed E-state index contributed by atoms with van der Waals surface area (Å²) in [6, 6.07) is 0. The molecule has 3 saturated carbocycles. The van der Waals surface area contributed by atoms with Crippen LogP contribution in [0.3, 0.4) is 0 Å². The molecule has 0 amide bonds. The van der Waals surface area contributed by atoms with Crippen molar-refractivity contribution in [2.75, 3.05) is 0 Å². The zero-order valence-electron chi connectivity index (χ0n) is 12.7. The molecule has 3 rings (SSSR count). The fourth-order valence-electron chi connectivity index (χ4n) is 3.87. The molecule has 0 radical (unpaired) electrons. The zero-order valence-corrected chi connectivity index (χ0v) is 12.7. The van der Waals surface area contributed by atoms with Crippen molar-refractivity contribution in [2.24, 2.45) is 23.7 Å². The summed E-state index contributed by atoms with van der Waals surface area (Å²) in [5.41, 5.74) is 0. The van der Waals surface area contributed by atoms with Crippen LogP contribution in [0.15, 0.2) is 0 Å². The molecule has 0 heteroatoms. The Morgan fingerprint density at radius 1 is 0.765 bits per heavy atom. The number of rotatable bonds is 0. The van der Waals surface area contributed by atoms with Gasteiger partial charge in [-0.3, -0.25) is 0 Å². The first-order chi connectivity index (χ1) is 8.25. The maximum Gasteiger partial charge on any atom is 0 e. The standard InChI is InChI=1S/C8H14.C7H14.C2H6.H2/c1-6-4-7-2-3-8(6)5-7;1-7-5-3-2-4-6-7;1-2;/h6-8H,2-5H2,1H3;7H,2-6H2,1H3;1-2H3;1H. The van der Waals surface area contributed by atoms with E-state index in [4.69, 9.17) is 0 Å². The van der Waals surface area contributed by atoms with E-state index in [2.05, 4.69) is 13.8 Å². The summed E-state index contributed by atoms with van der Waals surface area (Å²) in [4.78, 5) is 0. The first-order valence-corrected chi connectivity index (χ1v) is 8.25. The van der Waals surface area contributed by atoms with Gasteiger partial charge in [-0.1, -0.05) is 66.2 Å². The Morgan fingerprint density at radius 2 is 1.41 bits per heavy atom. The molecule has 0 aromatic rings. The molecule has 0 saturated heterocycles. The Kier molecular flexibility index (Phi) is 7.23. The zero-order chi connectivity index (χ0) is 12.7. The molecule has 0 aromatic heterocycles. The quantitative estimate of drug-likeness (QED) is 0.466. The van der Waals surface area contributed by atoms with Crippen molar-refractivity contribution in [1.29, 1.82) is 0 Å². The number of hydrogen-bond donors (Lipinski definition) is 0. The van der Waals surface area contributed by atoms with Crippen molar-refractivity contribution in [2.45, 2.75) is 85.5 Å². The Bertz CT molecular complexity index is 182. The Labute approximate surface area is 111 Å². The molecular formula is C17H36. The highest BCUT2D eigenvalue weighted by Gasteiger charge is 2.36. The van der Waals surface area contributed by atoms with Gasteiger partial charge in [0.15, 0.2) is 0 Å². The molecule has 0 heterocycles. The molecule has 0 aromatic carbocycles. The third-order valence-electron chi connectivity index (χ3n) is 4.99. The lowest BCUT2D eigenvalue weighted by molar-refractivity contribution is 0.360. The van der Waals surface area contributed by atoms with E-state index in [9.17, 15) is 0 Å². The molecule has 0 nitrogen and oxygen atoms in total. The van der Waals surface area contributed by atoms with Crippen LogP contribution in [-0.2, 0) is 0 Å². The predicted octanol–water partition coefficient (Wildman–Crippen LogP) is 6.30. The van der Waals surface area contributed by atoms with E-state index in [1.807, 2.05) is 13.8 Å². The van der Waals surface area contributed by atoms with E-state index in [0.29, 0.717) is 0 Å². The van der Waals surface area contributed by atoms with E-state index in [1.54, 1.807) is 25.7 Å². The van der Waals surface area contributed by atoms with Gasteiger partial charge in [-0.15, -0.1) is 0 Å². The Balaban J connectivity index is 0.000000272. The van der Waals surface area contributed by atoms with Crippen LogP contribution in [0.5, 0.6) is 0 Å². The van der Waals surface area contributed by atoms with Crippen molar-refractivity contribution in [3.63, 3.8) is 0 Å². The Morgan fingerprint density at radius 3 is 1.65 bits per heavy atom. The second kappa shape index (κ2) is 8.16. The highest BCUT2D eigenvalue weighted by atomic mass is 14.4. The summed E-state index contributed by atoms with van der Waals surface area (Å²) >= 11 is 0. The highest BCUT2D eigenvalue weighted by molar-refractivity contribution is 4.87. The summed E-state index contributed by atoms with van der Waals surface area (Å²) in [7, 11) is 0.